The summed E-state index contributed by atoms with van der Waals surface area (Å²) < 4.78 is 20.9. The number of amides is 2. The number of hydrogen-bond donors (Lipinski definition) is 0. The lowest BCUT2D eigenvalue weighted by Crippen LogP contribution is -2.29. The Balaban J connectivity index is 1.45. The molecule has 4 heterocycles. The fourth-order valence-corrected chi connectivity index (χ4v) is 7.90. The van der Waals surface area contributed by atoms with Crippen LogP contribution in [0.2, 0.25) is 0 Å². The van der Waals surface area contributed by atoms with Crippen LogP contribution in [0.15, 0.2) is 60.7 Å². The van der Waals surface area contributed by atoms with Crippen molar-refractivity contribution in [3.63, 3.8) is 0 Å². The van der Waals surface area contributed by atoms with Gasteiger partial charge in [-0.3, -0.25) is 19.3 Å². The fourth-order valence-electron chi connectivity index (χ4n) is 7.90. The molecule has 4 aromatic carbocycles. The van der Waals surface area contributed by atoms with Crippen molar-refractivity contribution in [2.45, 2.75) is 31.5 Å². The van der Waals surface area contributed by atoms with E-state index in [1.807, 2.05) is 60.7 Å². The van der Waals surface area contributed by atoms with Gasteiger partial charge in [-0.15, -0.1) is 0 Å². The van der Waals surface area contributed by atoms with E-state index in [4.69, 9.17) is 14.2 Å². The first-order valence-electron chi connectivity index (χ1n) is 14.6. The summed E-state index contributed by atoms with van der Waals surface area (Å²) in [5.41, 5.74) is 5.03. The number of imide groups is 1. The number of hydrogen-bond acceptors (Lipinski definition) is 6. The number of benzene rings is 4. The summed E-state index contributed by atoms with van der Waals surface area (Å²) in [6.07, 6.45) is 1.04. The summed E-state index contributed by atoms with van der Waals surface area (Å²) in [7, 11) is 4.82. The van der Waals surface area contributed by atoms with E-state index in [-0.39, 0.29) is 36.2 Å². The molecule has 2 amide bonds. The minimum atomic E-state index is -0.370. The third-order valence-corrected chi connectivity index (χ3v) is 9.79. The van der Waals surface area contributed by atoms with Crippen LogP contribution in [0.4, 0.5) is 0 Å². The second kappa shape index (κ2) is 8.63. The number of ketones is 1. The maximum Gasteiger partial charge on any atom is 0.262 e. The van der Waals surface area contributed by atoms with E-state index in [2.05, 4.69) is 9.13 Å². The minimum absolute atomic E-state index is 0.0713. The van der Waals surface area contributed by atoms with Gasteiger partial charge in [-0.25, -0.2) is 0 Å². The monoisotopic (exact) mass is 585 g/mol. The number of aromatic nitrogens is 2. The molecule has 6 aromatic rings. The highest BCUT2D eigenvalue weighted by atomic mass is 16.5. The van der Waals surface area contributed by atoms with Gasteiger partial charge in [0.2, 0.25) is 0 Å². The Morgan fingerprint density at radius 1 is 0.682 bits per heavy atom. The standard InChI is InChI=1S/C35H27N3O6/c1-42-19-6-4-17(5-7-19)16-36-34(40)30-28-22-14-20(43-2)8-10-24(22)37-18-12-26(27(39)13-18)38-25-11-9-21(44-3)15-23(25)29(31(30)35(36)41)33(38)32(28)37/h4-11,14-15,18,26H,12-13,16H2,1-3H3/t18-,26?/m0/s1. The van der Waals surface area contributed by atoms with Crippen LogP contribution in [0.25, 0.3) is 43.6 Å². The number of rotatable bonds is 5. The maximum absolute atomic E-state index is 14.5. The first-order chi connectivity index (χ1) is 21.4. The summed E-state index contributed by atoms with van der Waals surface area (Å²) in [5, 5.41) is 3.04. The highest BCUT2D eigenvalue weighted by molar-refractivity contribution is 6.39. The molecule has 9 rings (SSSR count). The number of nitrogens with zero attached hydrogens (tertiary/aromatic N) is 3. The molecular formula is C35H27N3O6. The van der Waals surface area contributed by atoms with E-state index in [0.717, 1.165) is 43.8 Å². The van der Waals surface area contributed by atoms with E-state index >= 15 is 0 Å². The molecule has 1 saturated carbocycles. The molecule has 1 fully saturated rings. The third kappa shape index (κ3) is 3.01. The number of carbonyl (C=O) groups excluding carboxylic acids is 3. The average Bonchev–Trinajstić information content (AvgIpc) is 3.72. The van der Waals surface area contributed by atoms with Crippen LogP contribution in [0.1, 0.15) is 51.2 Å². The lowest BCUT2D eigenvalue weighted by Gasteiger charge is -2.15. The summed E-state index contributed by atoms with van der Waals surface area (Å²) in [4.78, 5) is 44.0. The number of methoxy groups -OCH3 is 3. The van der Waals surface area contributed by atoms with Crippen molar-refractivity contribution in [1.29, 1.82) is 0 Å². The van der Waals surface area contributed by atoms with Gasteiger partial charge in [0, 0.05) is 39.5 Å². The molecule has 9 nitrogen and oxygen atoms in total. The van der Waals surface area contributed by atoms with Crippen LogP contribution in [-0.4, -0.2) is 53.0 Å². The molecule has 3 aliphatic rings. The van der Waals surface area contributed by atoms with E-state index in [9.17, 15) is 14.4 Å². The zero-order chi connectivity index (χ0) is 30.0. The van der Waals surface area contributed by atoms with Crippen molar-refractivity contribution in [2.24, 2.45) is 0 Å². The lowest BCUT2D eigenvalue weighted by atomic mass is 9.96. The van der Waals surface area contributed by atoms with Crippen LogP contribution < -0.4 is 14.2 Å². The molecule has 1 unspecified atom stereocenters. The van der Waals surface area contributed by atoms with Crippen molar-refractivity contribution >= 4 is 61.2 Å². The van der Waals surface area contributed by atoms with Gasteiger partial charge in [0.15, 0.2) is 5.78 Å². The molecule has 0 radical (unpaired) electrons. The number of ether oxygens (including phenoxy) is 3. The Labute approximate surface area is 251 Å². The Bertz CT molecular complexity index is 2290. The average molecular weight is 586 g/mol. The second-order valence-electron chi connectivity index (χ2n) is 11.8. The lowest BCUT2D eigenvalue weighted by molar-refractivity contribution is -0.120. The molecule has 0 saturated heterocycles. The van der Waals surface area contributed by atoms with Gasteiger partial charge in [0.1, 0.15) is 17.2 Å². The Morgan fingerprint density at radius 3 is 1.77 bits per heavy atom. The summed E-state index contributed by atoms with van der Waals surface area (Å²) in [6.45, 7) is 0.118. The van der Waals surface area contributed by atoms with Crippen LogP contribution in [-0.2, 0) is 11.3 Å². The molecule has 0 N–H and O–H groups in total. The van der Waals surface area contributed by atoms with E-state index in [0.29, 0.717) is 46.6 Å². The van der Waals surface area contributed by atoms with E-state index in [1.54, 1.807) is 21.3 Å². The zero-order valence-electron chi connectivity index (χ0n) is 24.3. The molecule has 44 heavy (non-hydrogen) atoms. The van der Waals surface area contributed by atoms with Crippen molar-refractivity contribution in [3.8, 4) is 17.2 Å². The molecule has 2 aliphatic heterocycles. The third-order valence-electron chi connectivity index (χ3n) is 9.79. The highest BCUT2D eigenvalue weighted by Crippen LogP contribution is 2.54. The SMILES string of the molecule is COc1ccc(CN2C(=O)c3c(c4c5cc(OC)ccc5n5c4c4c3c3cc(OC)ccc3n4C3C[C@H]5CC3=O)C2=O)cc1. The van der Waals surface area contributed by atoms with Crippen molar-refractivity contribution in [2.75, 3.05) is 21.3 Å². The largest absolute Gasteiger partial charge is 0.497 e. The van der Waals surface area contributed by atoms with Crippen LogP contribution in [0, 0.1) is 0 Å². The Morgan fingerprint density at radius 2 is 1.20 bits per heavy atom. The van der Waals surface area contributed by atoms with Gasteiger partial charge in [-0.05, 0) is 60.5 Å². The molecule has 2 aromatic heterocycles. The topological polar surface area (TPSA) is 92.0 Å². The maximum atomic E-state index is 14.5. The van der Waals surface area contributed by atoms with E-state index in [1.165, 1.54) is 4.90 Å². The van der Waals surface area contributed by atoms with Crippen LogP contribution in [0.3, 0.4) is 0 Å². The highest BCUT2D eigenvalue weighted by Gasteiger charge is 2.46. The summed E-state index contributed by atoms with van der Waals surface area (Å²) >= 11 is 0. The predicted octanol–water partition coefficient (Wildman–Crippen LogP) is 6.18. The number of fused-ring (bicyclic) bond motifs is 13. The van der Waals surface area contributed by atoms with Crippen molar-refractivity contribution in [1.82, 2.24) is 14.0 Å². The molecule has 9 heteroatoms. The molecule has 218 valence electrons. The number of carbonyl (C=O) groups is 3. The molecule has 0 spiro atoms. The Hall–Kier alpha value is -5.31. The zero-order valence-corrected chi connectivity index (χ0v) is 24.3. The summed E-state index contributed by atoms with van der Waals surface area (Å²) in [5.74, 6) is 1.47. The van der Waals surface area contributed by atoms with Gasteiger partial charge in [0.25, 0.3) is 11.8 Å². The van der Waals surface area contributed by atoms with Crippen LogP contribution in [0.5, 0.6) is 17.2 Å². The molecular weight excluding hydrogens is 558 g/mol. The minimum Gasteiger partial charge on any atom is -0.497 e. The first kappa shape index (κ1) is 25.2. The predicted molar refractivity (Wildman–Crippen MR) is 165 cm³/mol. The number of Topliss-reactive ketones (excluding diaryl/α,β-unsaturated/α-hetero) is 1. The smallest absolute Gasteiger partial charge is 0.262 e. The fraction of sp³-hybridized carbons (Fsp3) is 0.229. The van der Waals surface area contributed by atoms with Crippen LogP contribution >= 0.6 is 0 Å². The first-order valence-corrected chi connectivity index (χ1v) is 14.6. The normalized spacial score (nSPS) is 18.8. The quantitative estimate of drug-likeness (QED) is 0.224. The van der Waals surface area contributed by atoms with Crippen molar-refractivity contribution in [3.05, 3.63) is 77.4 Å². The second-order valence-corrected chi connectivity index (χ2v) is 11.8. The van der Waals surface area contributed by atoms with E-state index < -0.39 is 0 Å². The molecule has 2 atom stereocenters. The Kier molecular flexibility index (Phi) is 4.94. The van der Waals surface area contributed by atoms with Gasteiger partial charge < -0.3 is 23.3 Å². The van der Waals surface area contributed by atoms with Gasteiger partial charge in [-0.1, -0.05) is 12.1 Å². The van der Waals surface area contributed by atoms with Gasteiger partial charge >= 0.3 is 0 Å². The van der Waals surface area contributed by atoms with Crippen molar-refractivity contribution < 1.29 is 28.6 Å². The summed E-state index contributed by atoms with van der Waals surface area (Å²) in [6, 6.07) is 18.5. The molecule has 1 aliphatic carbocycles. The van der Waals surface area contributed by atoms with Gasteiger partial charge in [-0.2, -0.15) is 0 Å². The molecule has 2 bridgehead atoms. The van der Waals surface area contributed by atoms with Gasteiger partial charge in [0.05, 0.1) is 61.6 Å².